The predicted octanol–water partition coefficient (Wildman–Crippen LogP) is 3.16. The van der Waals surface area contributed by atoms with E-state index >= 15 is 0 Å². The zero-order chi connectivity index (χ0) is 14.8. The van der Waals surface area contributed by atoms with Crippen LogP contribution in [0.5, 0.6) is 0 Å². The molecule has 1 atom stereocenters. The highest BCUT2D eigenvalue weighted by Crippen LogP contribution is 2.26. The summed E-state index contributed by atoms with van der Waals surface area (Å²) in [7, 11) is 0. The number of carboxylic acid groups (broad SMARTS) is 1. The van der Waals surface area contributed by atoms with Crippen LogP contribution in [0.15, 0.2) is 12.1 Å². The average Bonchev–Trinajstić information content (AvgIpc) is 2.25. The quantitative estimate of drug-likeness (QED) is 0.877. The van der Waals surface area contributed by atoms with Crippen molar-refractivity contribution in [3.05, 3.63) is 34.4 Å². The second-order valence-electron chi connectivity index (χ2n) is 6.28. The van der Waals surface area contributed by atoms with Gasteiger partial charge in [-0.1, -0.05) is 32.9 Å². The van der Waals surface area contributed by atoms with E-state index in [-0.39, 0.29) is 5.41 Å². The van der Waals surface area contributed by atoms with Crippen LogP contribution in [-0.4, -0.2) is 17.1 Å². The van der Waals surface area contributed by atoms with Gasteiger partial charge in [-0.05, 0) is 48.4 Å². The van der Waals surface area contributed by atoms with E-state index in [1.54, 1.807) is 6.92 Å². The molecule has 1 aromatic carbocycles. The van der Waals surface area contributed by atoms with Crippen molar-refractivity contribution in [1.82, 2.24) is 5.32 Å². The summed E-state index contributed by atoms with van der Waals surface area (Å²) >= 11 is 0. The summed E-state index contributed by atoms with van der Waals surface area (Å²) in [6, 6.07) is 3.88. The van der Waals surface area contributed by atoms with Crippen molar-refractivity contribution in [3.63, 3.8) is 0 Å². The SMILES string of the molecule is Cc1cc(C(C)(C)C)cc(C)c1CN[C@@H](C)C(=O)O. The van der Waals surface area contributed by atoms with Crippen molar-refractivity contribution in [2.24, 2.45) is 0 Å². The van der Waals surface area contributed by atoms with Gasteiger partial charge in [-0.25, -0.2) is 0 Å². The van der Waals surface area contributed by atoms with Gasteiger partial charge in [0.05, 0.1) is 0 Å². The van der Waals surface area contributed by atoms with Crippen LogP contribution in [0.3, 0.4) is 0 Å². The minimum atomic E-state index is -0.818. The number of rotatable bonds is 4. The molecule has 0 spiro atoms. The van der Waals surface area contributed by atoms with Gasteiger partial charge in [0.1, 0.15) is 6.04 Å². The Morgan fingerprint density at radius 2 is 1.74 bits per heavy atom. The topological polar surface area (TPSA) is 49.3 Å². The fourth-order valence-corrected chi connectivity index (χ4v) is 2.05. The molecular formula is C16H25NO2. The molecule has 0 heterocycles. The number of aryl methyl sites for hydroxylation is 2. The lowest BCUT2D eigenvalue weighted by Crippen LogP contribution is -2.33. The Kier molecular flexibility index (Phi) is 4.75. The van der Waals surface area contributed by atoms with Crippen LogP contribution >= 0.6 is 0 Å². The number of benzene rings is 1. The number of carboxylic acids is 1. The Bertz CT molecular complexity index is 449. The molecule has 3 nitrogen and oxygen atoms in total. The lowest BCUT2D eigenvalue weighted by Gasteiger charge is -2.23. The molecule has 0 aliphatic carbocycles. The third-order valence-electron chi connectivity index (χ3n) is 3.52. The van der Waals surface area contributed by atoms with Crippen molar-refractivity contribution in [2.45, 2.75) is 59.5 Å². The van der Waals surface area contributed by atoms with E-state index in [4.69, 9.17) is 5.11 Å². The summed E-state index contributed by atoms with van der Waals surface area (Å²) in [6.45, 7) is 13.0. The molecule has 1 aromatic rings. The molecule has 0 aliphatic rings. The van der Waals surface area contributed by atoms with E-state index in [0.717, 1.165) is 0 Å². The van der Waals surface area contributed by atoms with Gasteiger partial charge in [-0.15, -0.1) is 0 Å². The lowest BCUT2D eigenvalue weighted by atomic mass is 9.84. The van der Waals surface area contributed by atoms with E-state index in [2.05, 4.69) is 52.1 Å². The molecular weight excluding hydrogens is 238 g/mol. The Morgan fingerprint density at radius 1 is 1.26 bits per heavy atom. The first-order valence-corrected chi connectivity index (χ1v) is 6.69. The number of aliphatic carboxylic acids is 1. The summed E-state index contributed by atoms with van der Waals surface area (Å²) in [5, 5.41) is 11.9. The maximum Gasteiger partial charge on any atom is 0.320 e. The van der Waals surface area contributed by atoms with Crippen LogP contribution in [0.25, 0.3) is 0 Å². The third-order valence-corrected chi connectivity index (χ3v) is 3.52. The summed E-state index contributed by atoms with van der Waals surface area (Å²) in [6.07, 6.45) is 0. The van der Waals surface area contributed by atoms with Crippen molar-refractivity contribution < 1.29 is 9.90 Å². The van der Waals surface area contributed by atoms with Gasteiger partial charge in [0.25, 0.3) is 0 Å². The van der Waals surface area contributed by atoms with Gasteiger partial charge in [0, 0.05) is 6.54 Å². The molecule has 106 valence electrons. The van der Waals surface area contributed by atoms with Crippen LogP contribution in [0, 0.1) is 13.8 Å². The Morgan fingerprint density at radius 3 is 2.11 bits per heavy atom. The summed E-state index contributed by atoms with van der Waals surface area (Å²) in [4.78, 5) is 10.8. The molecule has 0 radical (unpaired) electrons. The van der Waals surface area contributed by atoms with Gasteiger partial charge >= 0.3 is 5.97 Å². The van der Waals surface area contributed by atoms with Crippen LogP contribution < -0.4 is 5.32 Å². The van der Waals surface area contributed by atoms with Crippen molar-refractivity contribution in [3.8, 4) is 0 Å². The molecule has 19 heavy (non-hydrogen) atoms. The molecule has 0 unspecified atom stereocenters. The Labute approximate surface area is 116 Å². The van der Waals surface area contributed by atoms with E-state index in [1.807, 2.05) is 0 Å². The van der Waals surface area contributed by atoms with Gasteiger partial charge in [-0.2, -0.15) is 0 Å². The molecule has 0 fully saturated rings. The Hall–Kier alpha value is -1.35. The van der Waals surface area contributed by atoms with Crippen molar-refractivity contribution in [1.29, 1.82) is 0 Å². The number of carbonyl (C=O) groups is 1. The molecule has 1 rings (SSSR count). The average molecular weight is 263 g/mol. The minimum absolute atomic E-state index is 0.135. The third kappa shape index (κ3) is 4.06. The summed E-state index contributed by atoms with van der Waals surface area (Å²) in [5.74, 6) is -0.818. The van der Waals surface area contributed by atoms with Gasteiger partial charge in [0.2, 0.25) is 0 Å². The highest BCUT2D eigenvalue weighted by molar-refractivity contribution is 5.72. The van der Waals surface area contributed by atoms with Crippen molar-refractivity contribution >= 4 is 5.97 Å². The summed E-state index contributed by atoms with van der Waals surface area (Å²) in [5.41, 5.74) is 5.08. The molecule has 0 aliphatic heterocycles. The van der Waals surface area contributed by atoms with Crippen LogP contribution in [-0.2, 0) is 16.8 Å². The van der Waals surface area contributed by atoms with E-state index < -0.39 is 12.0 Å². The fraction of sp³-hybridized carbons (Fsp3) is 0.562. The highest BCUT2D eigenvalue weighted by Gasteiger charge is 2.17. The number of hydrogen-bond donors (Lipinski definition) is 2. The first-order chi connectivity index (χ1) is 8.62. The standard InChI is InChI=1S/C16H25NO2/c1-10-7-13(16(4,5)6)8-11(2)14(10)9-17-12(3)15(18)19/h7-8,12,17H,9H2,1-6H3,(H,18,19)/t12-/m0/s1. The zero-order valence-electron chi connectivity index (χ0n) is 12.8. The molecule has 3 heteroatoms. The Balaban J connectivity index is 2.95. The van der Waals surface area contributed by atoms with Crippen molar-refractivity contribution in [2.75, 3.05) is 0 Å². The number of hydrogen-bond acceptors (Lipinski definition) is 2. The first-order valence-electron chi connectivity index (χ1n) is 6.69. The van der Waals surface area contributed by atoms with E-state index in [0.29, 0.717) is 6.54 Å². The monoisotopic (exact) mass is 263 g/mol. The van der Waals surface area contributed by atoms with Crippen LogP contribution in [0.1, 0.15) is 49.9 Å². The molecule has 0 amide bonds. The molecule has 0 bridgehead atoms. The second-order valence-corrected chi connectivity index (χ2v) is 6.28. The maximum absolute atomic E-state index is 10.8. The van der Waals surface area contributed by atoms with Gasteiger partial charge in [-0.3, -0.25) is 4.79 Å². The largest absolute Gasteiger partial charge is 0.480 e. The van der Waals surface area contributed by atoms with Gasteiger partial charge < -0.3 is 10.4 Å². The zero-order valence-corrected chi connectivity index (χ0v) is 12.8. The number of nitrogens with one attached hydrogen (secondary N) is 1. The maximum atomic E-state index is 10.8. The molecule has 0 saturated heterocycles. The lowest BCUT2D eigenvalue weighted by molar-refractivity contribution is -0.139. The van der Waals surface area contributed by atoms with E-state index in [1.165, 1.54) is 22.3 Å². The first kappa shape index (κ1) is 15.7. The predicted molar refractivity (Wildman–Crippen MR) is 78.6 cm³/mol. The van der Waals surface area contributed by atoms with Crippen LogP contribution in [0.4, 0.5) is 0 Å². The fourth-order valence-electron chi connectivity index (χ4n) is 2.05. The van der Waals surface area contributed by atoms with Gasteiger partial charge in [0.15, 0.2) is 0 Å². The normalized spacial score (nSPS) is 13.4. The highest BCUT2D eigenvalue weighted by atomic mass is 16.4. The summed E-state index contributed by atoms with van der Waals surface area (Å²) < 4.78 is 0. The molecule has 2 N–H and O–H groups in total. The minimum Gasteiger partial charge on any atom is -0.480 e. The smallest absolute Gasteiger partial charge is 0.320 e. The molecule has 0 saturated carbocycles. The second kappa shape index (κ2) is 5.74. The van der Waals surface area contributed by atoms with Crippen LogP contribution in [0.2, 0.25) is 0 Å². The van der Waals surface area contributed by atoms with E-state index in [9.17, 15) is 4.79 Å². The molecule has 0 aromatic heterocycles.